The Morgan fingerprint density at radius 2 is 1.94 bits per heavy atom. The minimum atomic E-state index is -0.341. The Bertz CT molecular complexity index is 509. The van der Waals surface area contributed by atoms with Gasteiger partial charge in [-0.25, -0.2) is 9.83 Å². The molecule has 0 N–H and O–H groups in total. The zero-order valence-electron chi connectivity index (χ0n) is 9.37. The molecule has 1 aromatic rings. The van der Waals surface area contributed by atoms with Crippen molar-refractivity contribution >= 4 is 5.69 Å². The van der Waals surface area contributed by atoms with Crippen molar-refractivity contribution in [2.24, 2.45) is 0 Å². The summed E-state index contributed by atoms with van der Waals surface area (Å²) in [6.45, 7) is 12.8. The molecule has 0 atom stereocenters. The summed E-state index contributed by atoms with van der Waals surface area (Å²) in [5.74, 6) is 0. The first kappa shape index (κ1) is 11.7. The van der Waals surface area contributed by atoms with Gasteiger partial charge in [0.15, 0.2) is 5.69 Å². The number of hydrogen-bond acceptors (Lipinski definition) is 3. The SMILES string of the molecule is [C-]#[N+]c1cc(C#N)nc(C#N)c1C(C)(C)C. The number of rotatable bonds is 0. The number of aromatic nitrogens is 1. The summed E-state index contributed by atoms with van der Waals surface area (Å²) in [4.78, 5) is 7.28. The van der Waals surface area contributed by atoms with E-state index < -0.39 is 0 Å². The minimum Gasteiger partial charge on any atom is -0.238 e. The summed E-state index contributed by atoms with van der Waals surface area (Å²) in [5.41, 5.74) is 0.860. The van der Waals surface area contributed by atoms with Crippen molar-refractivity contribution in [3.05, 3.63) is 34.4 Å². The number of pyridine rings is 1. The first-order valence-electron chi connectivity index (χ1n) is 4.67. The lowest BCUT2D eigenvalue weighted by atomic mass is 9.84. The second-order valence-corrected chi connectivity index (χ2v) is 4.34. The second kappa shape index (κ2) is 4.01. The topological polar surface area (TPSA) is 64.8 Å². The number of hydrogen-bond donors (Lipinski definition) is 0. The summed E-state index contributed by atoms with van der Waals surface area (Å²) in [5, 5.41) is 17.7. The van der Waals surface area contributed by atoms with Crippen LogP contribution in [0.1, 0.15) is 37.7 Å². The van der Waals surface area contributed by atoms with E-state index in [0.717, 1.165) is 0 Å². The third kappa shape index (κ3) is 2.00. The Balaban J connectivity index is 3.69. The van der Waals surface area contributed by atoms with Crippen LogP contribution in [0, 0.1) is 29.2 Å². The lowest BCUT2D eigenvalue weighted by Crippen LogP contribution is -2.15. The van der Waals surface area contributed by atoms with Crippen LogP contribution in [0.5, 0.6) is 0 Å². The van der Waals surface area contributed by atoms with E-state index in [-0.39, 0.29) is 16.8 Å². The van der Waals surface area contributed by atoms with Crippen LogP contribution in [0.15, 0.2) is 6.07 Å². The predicted molar refractivity (Wildman–Crippen MR) is 58.6 cm³/mol. The van der Waals surface area contributed by atoms with Gasteiger partial charge in [0, 0.05) is 0 Å². The van der Waals surface area contributed by atoms with Gasteiger partial charge in [-0.2, -0.15) is 10.5 Å². The Morgan fingerprint density at radius 3 is 2.31 bits per heavy atom. The highest BCUT2D eigenvalue weighted by Crippen LogP contribution is 2.34. The van der Waals surface area contributed by atoms with Gasteiger partial charge in [0.2, 0.25) is 0 Å². The highest BCUT2D eigenvalue weighted by Gasteiger charge is 2.24. The van der Waals surface area contributed by atoms with Gasteiger partial charge < -0.3 is 0 Å². The van der Waals surface area contributed by atoms with E-state index in [4.69, 9.17) is 17.1 Å². The maximum absolute atomic E-state index is 9.00. The molecule has 78 valence electrons. The molecule has 0 spiro atoms. The lowest BCUT2D eigenvalue weighted by molar-refractivity contribution is 0.588. The van der Waals surface area contributed by atoms with Crippen molar-refractivity contribution < 1.29 is 0 Å². The molecule has 1 aromatic heterocycles. The van der Waals surface area contributed by atoms with E-state index in [1.165, 1.54) is 6.07 Å². The average Bonchev–Trinajstić information content (AvgIpc) is 2.25. The van der Waals surface area contributed by atoms with Gasteiger partial charge >= 0.3 is 0 Å². The van der Waals surface area contributed by atoms with Crippen molar-refractivity contribution in [1.82, 2.24) is 4.98 Å². The van der Waals surface area contributed by atoms with Gasteiger partial charge in [0.25, 0.3) is 0 Å². The highest BCUT2D eigenvalue weighted by molar-refractivity contribution is 5.61. The predicted octanol–water partition coefficient (Wildman–Crippen LogP) is 2.67. The molecule has 1 rings (SSSR count). The van der Waals surface area contributed by atoms with Crippen LogP contribution >= 0.6 is 0 Å². The lowest BCUT2D eigenvalue weighted by Gasteiger charge is -2.21. The van der Waals surface area contributed by atoms with Gasteiger partial charge in [-0.15, -0.1) is 0 Å². The van der Waals surface area contributed by atoms with Gasteiger partial charge in [0.1, 0.15) is 23.5 Å². The maximum atomic E-state index is 9.00. The van der Waals surface area contributed by atoms with Crippen LogP contribution in [0.3, 0.4) is 0 Å². The maximum Gasteiger partial charge on any atom is 0.196 e. The largest absolute Gasteiger partial charge is 0.238 e. The molecule has 0 aliphatic heterocycles. The van der Waals surface area contributed by atoms with Crippen LogP contribution in [0.4, 0.5) is 5.69 Å². The molecular formula is C12H10N4. The monoisotopic (exact) mass is 210 g/mol. The summed E-state index contributed by atoms with van der Waals surface area (Å²) in [6.07, 6.45) is 0. The molecule has 4 nitrogen and oxygen atoms in total. The quantitative estimate of drug-likeness (QED) is 0.618. The Kier molecular flexibility index (Phi) is 2.93. The van der Waals surface area contributed by atoms with Crippen molar-refractivity contribution in [2.75, 3.05) is 0 Å². The smallest absolute Gasteiger partial charge is 0.196 e. The van der Waals surface area contributed by atoms with E-state index in [0.29, 0.717) is 11.3 Å². The fourth-order valence-corrected chi connectivity index (χ4v) is 1.50. The van der Waals surface area contributed by atoms with Gasteiger partial charge in [-0.3, -0.25) is 0 Å². The van der Waals surface area contributed by atoms with Crippen LogP contribution < -0.4 is 0 Å². The first-order valence-corrected chi connectivity index (χ1v) is 4.67. The minimum absolute atomic E-state index is 0.107. The third-order valence-corrected chi connectivity index (χ3v) is 2.09. The molecule has 0 saturated heterocycles. The van der Waals surface area contributed by atoms with Gasteiger partial charge in [-0.1, -0.05) is 20.8 Å². The molecule has 0 amide bonds. The van der Waals surface area contributed by atoms with E-state index in [2.05, 4.69) is 9.83 Å². The highest BCUT2D eigenvalue weighted by atomic mass is 14.8. The third-order valence-electron chi connectivity index (χ3n) is 2.09. The standard InChI is InChI=1S/C12H10N4/c1-12(2,3)11-9(15-4)5-8(6-13)16-10(11)7-14/h5H,1-3H3. The molecule has 0 bridgehead atoms. The molecule has 4 heteroatoms. The molecule has 0 radical (unpaired) electrons. The van der Waals surface area contributed by atoms with Crippen molar-refractivity contribution in [3.8, 4) is 12.1 Å². The zero-order valence-corrected chi connectivity index (χ0v) is 9.37. The zero-order chi connectivity index (χ0) is 12.3. The fourth-order valence-electron chi connectivity index (χ4n) is 1.50. The second-order valence-electron chi connectivity index (χ2n) is 4.34. The molecule has 0 fully saturated rings. The Morgan fingerprint density at radius 1 is 1.31 bits per heavy atom. The van der Waals surface area contributed by atoms with Gasteiger partial charge in [-0.05, 0) is 17.0 Å². The molecule has 0 aliphatic rings. The first-order chi connectivity index (χ1) is 7.43. The van der Waals surface area contributed by atoms with Crippen molar-refractivity contribution in [2.45, 2.75) is 26.2 Å². The van der Waals surface area contributed by atoms with E-state index in [1.807, 2.05) is 32.9 Å². The molecule has 0 unspecified atom stereocenters. The van der Waals surface area contributed by atoms with E-state index in [9.17, 15) is 0 Å². The number of nitriles is 2. The number of nitrogens with zero attached hydrogens (tertiary/aromatic N) is 4. The van der Waals surface area contributed by atoms with Crippen LogP contribution in [0.2, 0.25) is 0 Å². The normalized spacial score (nSPS) is 10.0. The average molecular weight is 210 g/mol. The summed E-state index contributed by atoms with van der Waals surface area (Å²) in [6, 6.07) is 5.22. The molecule has 0 saturated carbocycles. The molecule has 0 aliphatic carbocycles. The summed E-state index contributed by atoms with van der Waals surface area (Å²) in [7, 11) is 0. The van der Waals surface area contributed by atoms with Crippen molar-refractivity contribution in [3.63, 3.8) is 0 Å². The molecule has 0 aromatic carbocycles. The van der Waals surface area contributed by atoms with Crippen LogP contribution in [0.25, 0.3) is 4.85 Å². The molecular weight excluding hydrogens is 200 g/mol. The van der Waals surface area contributed by atoms with Crippen LogP contribution in [-0.2, 0) is 5.41 Å². The van der Waals surface area contributed by atoms with E-state index >= 15 is 0 Å². The fraction of sp³-hybridized carbons (Fsp3) is 0.333. The summed E-state index contributed by atoms with van der Waals surface area (Å²) < 4.78 is 0. The summed E-state index contributed by atoms with van der Waals surface area (Å²) >= 11 is 0. The van der Waals surface area contributed by atoms with E-state index in [1.54, 1.807) is 0 Å². The Labute approximate surface area is 94.6 Å². The van der Waals surface area contributed by atoms with Crippen LogP contribution in [-0.4, -0.2) is 4.98 Å². The molecule has 1 heterocycles. The van der Waals surface area contributed by atoms with Gasteiger partial charge in [0.05, 0.1) is 6.57 Å². The Hall–Kier alpha value is -2.38. The van der Waals surface area contributed by atoms with Crippen molar-refractivity contribution in [1.29, 1.82) is 10.5 Å². The molecule has 16 heavy (non-hydrogen) atoms.